The molecule has 0 unspecified atom stereocenters. The zero-order valence-electron chi connectivity index (χ0n) is 15.0. The number of rotatable bonds is 11. The van der Waals surface area contributed by atoms with Crippen LogP contribution in [-0.4, -0.2) is 38.8 Å². The molecule has 0 aliphatic heterocycles. The first-order valence-electron chi connectivity index (χ1n) is 8.97. The van der Waals surface area contributed by atoms with Crippen LogP contribution >= 0.6 is 0 Å². The van der Waals surface area contributed by atoms with Gasteiger partial charge in [-0.2, -0.15) is 0 Å². The van der Waals surface area contributed by atoms with Gasteiger partial charge in [0.15, 0.2) is 5.96 Å². The van der Waals surface area contributed by atoms with Gasteiger partial charge >= 0.3 is 0 Å². The number of aryl methyl sites for hydroxylation is 1. The van der Waals surface area contributed by atoms with Crippen molar-refractivity contribution in [3.05, 3.63) is 35.4 Å². The average molecular weight is 319 g/mol. The van der Waals surface area contributed by atoms with Gasteiger partial charge < -0.3 is 15.4 Å². The second-order valence-corrected chi connectivity index (χ2v) is 5.51. The highest BCUT2D eigenvalue weighted by molar-refractivity contribution is 5.79. The van der Waals surface area contributed by atoms with E-state index < -0.39 is 0 Å². The van der Waals surface area contributed by atoms with Crippen molar-refractivity contribution in [3.8, 4) is 0 Å². The zero-order valence-corrected chi connectivity index (χ0v) is 15.0. The third kappa shape index (κ3) is 9.24. The summed E-state index contributed by atoms with van der Waals surface area (Å²) in [4.78, 5) is 4.61. The molecule has 0 aliphatic carbocycles. The molecular formula is C19H33N3O. The summed E-state index contributed by atoms with van der Waals surface area (Å²) in [7, 11) is 0. The van der Waals surface area contributed by atoms with E-state index in [0.29, 0.717) is 0 Å². The summed E-state index contributed by atoms with van der Waals surface area (Å²) >= 11 is 0. The van der Waals surface area contributed by atoms with E-state index in [0.717, 1.165) is 64.5 Å². The summed E-state index contributed by atoms with van der Waals surface area (Å²) in [5, 5.41) is 6.70. The summed E-state index contributed by atoms with van der Waals surface area (Å²) in [5.74, 6) is 0.911. The molecule has 0 saturated heterocycles. The van der Waals surface area contributed by atoms with Gasteiger partial charge in [0.05, 0.1) is 0 Å². The van der Waals surface area contributed by atoms with Gasteiger partial charge in [0.2, 0.25) is 0 Å². The Morgan fingerprint density at radius 3 is 2.39 bits per heavy atom. The molecule has 23 heavy (non-hydrogen) atoms. The maximum atomic E-state index is 5.34. The second kappa shape index (κ2) is 12.9. The maximum Gasteiger partial charge on any atom is 0.191 e. The average Bonchev–Trinajstić information content (AvgIpc) is 2.58. The van der Waals surface area contributed by atoms with Gasteiger partial charge in [0.1, 0.15) is 0 Å². The SMILES string of the molecule is CCNC(=NCCCCOCC)NCCc1ccc(CC)cc1. The Hall–Kier alpha value is -1.55. The van der Waals surface area contributed by atoms with E-state index in [2.05, 4.69) is 53.7 Å². The minimum atomic E-state index is 0.798. The van der Waals surface area contributed by atoms with Crippen LogP contribution in [0.1, 0.15) is 44.7 Å². The highest BCUT2D eigenvalue weighted by atomic mass is 16.5. The fourth-order valence-corrected chi connectivity index (χ4v) is 2.26. The van der Waals surface area contributed by atoms with Crippen molar-refractivity contribution in [1.82, 2.24) is 10.6 Å². The van der Waals surface area contributed by atoms with Crippen LogP contribution in [0.25, 0.3) is 0 Å². The van der Waals surface area contributed by atoms with Crippen molar-refractivity contribution in [3.63, 3.8) is 0 Å². The molecule has 130 valence electrons. The molecule has 1 aromatic carbocycles. The van der Waals surface area contributed by atoms with Crippen LogP contribution in [0.3, 0.4) is 0 Å². The van der Waals surface area contributed by atoms with E-state index in [1.54, 1.807) is 0 Å². The maximum absolute atomic E-state index is 5.34. The highest BCUT2D eigenvalue weighted by Gasteiger charge is 1.98. The third-order valence-corrected chi connectivity index (χ3v) is 3.65. The quantitative estimate of drug-likeness (QED) is 0.374. The van der Waals surface area contributed by atoms with E-state index in [1.165, 1.54) is 11.1 Å². The molecule has 0 amide bonds. The Bertz CT molecular complexity index is 429. The number of aliphatic imine (C=N–C) groups is 1. The van der Waals surface area contributed by atoms with Crippen molar-refractivity contribution in [2.24, 2.45) is 4.99 Å². The molecule has 0 spiro atoms. The van der Waals surface area contributed by atoms with Gasteiger partial charge in [-0.1, -0.05) is 31.2 Å². The lowest BCUT2D eigenvalue weighted by Crippen LogP contribution is -2.38. The van der Waals surface area contributed by atoms with Crippen LogP contribution in [0.15, 0.2) is 29.3 Å². The summed E-state index contributed by atoms with van der Waals surface area (Å²) in [6.45, 7) is 10.6. The van der Waals surface area contributed by atoms with Crippen molar-refractivity contribution in [2.45, 2.75) is 46.5 Å². The van der Waals surface area contributed by atoms with E-state index in [4.69, 9.17) is 4.74 Å². The Kier molecular flexibility index (Phi) is 11.0. The minimum absolute atomic E-state index is 0.798. The Labute approximate surface area is 141 Å². The summed E-state index contributed by atoms with van der Waals surface area (Å²) in [6.07, 6.45) is 4.24. The third-order valence-electron chi connectivity index (χ3n) is 3.65. The molecule has 0 aromatic heterocycles. The van der Waals surface area contributed by atoms with E-state index in [-0.39, 0.29) is 0 Å². The second-order valence-electron chi connectivity index (χ2n) is 5.51. The predicted octanol–water partition coefficient (Wildman–Crippen LogP) is 3.16. The van der Waals surface area contributed by atoms with Gasteiger partial charge in [-0.15, -0.1) is 0 Å². The fraction of sp³-hybridized carbons (Fsp3) is 0.632. The van der Waals surface area contributed by atoms with Crippen molar-refractivity contribution in [2.75, 3.05) is 32.8 Å². The number of hydrogen-bond donors (Lipinski definition) is 2. The van der Waals surface area contributed by atoms with Crippen molar-refractivity contribution in [1.29, 1.82) is 0 Å². The molecule has 4 nitrogen and oxygen atoms in total. The zero-order chi connectivity index (χ0) is 16.8. The van der Waals surface area contributed by atoms with Gasteiger partial charge in [0, 0.05) is 32.8 Å². The summed E-state index contributed by atoms with van der Waals surface area (Å²) < 4.78 is 5.34. The molecule has 1 rings (SSSR count). The molecule has 1 aromatic rings. The standard InChI is InChI=1S/C19H33N3O/c1-4-17-9-11-18(12-10-17)13-15-22-19(20-5-2)21-14-7-8-16-23-6-3/h9-12H,4-8,13-16H2,1-3H3,(H2,20,21,22). The normalized spacial score (nSPS) is 11.5. The predicted molar refractivity (Wildman–Crippen MR) is 99.2 cm³/mol. The topological polar surface area (TPSA) is 45.7 Å². The largest absolute Gasteiger partial charge is 0.382 e. The van der Waals surface area contributed by atoms with Crippen LogP contribution < -0.4 is 10.6 Å². The molecule has 2 N–H and O–H groups in total. The Balaban J connectivity index is 2.28. The van der Waals surface area contributed by atoms with Gasteiger partial charge in [0.25, 0.3) is 0 Å². The molecule has 0 radical (unpaired) electrons. The molecule has 0 atom stereocenters. The fourth-order valence-electron chi connectivity index (χ4n) is 2.26. The van der Waals surface area contributed by atoms with Crippen LogP contribution in [0, 0.1) is 0 Å². The molecule has 0 bridgehead atoms. The lowest BCUT2D eigenvalue weighted by atomic mass is 10.1. The molecule has 0 saturated carbocycles. The first-order chi connectivity index (χ1) is 11.3. The lowest BCUT2D eigenvalue weighted by Gasteiger charge is -2.11. The number of guanidine groups is 1. The van der Waals surface area contributed by atoms with Crippen molar-refractivity contribution >= 4 is 5.96 Å². The molecular weight excluding hydrogens is 286 g/mol. The number of nitrogens with one attached hydrogen (secondary N) is 2. The van der Waals surface area contributed by atoms with Crippen LogP contribution in [0.5, 0.6) is 0 Å². The number of unbranched alkanes of at least 4 members (excludes halogenated alkanes) is 1. The summed E-state index contributed by atoms with van der Waals surface area (Å²) in [6, 6.07) is 8.87. The Morgan fingerprint density at radius 2 is 1.74 bits per heavy atom. The van der Waals surface area contributed by atoms with Crippen LogP contribution in [0.4, 0.5) is 0 Å². The smallest absolute Gasteiger partial charge is 0.191 e. The number of hydrogen-bond acceptors (Lipinski definition) is 2. The number of benzene rings is 1. The minimum Gasteiger partial charge on any atom is -0.382 e. The lowest BCUT2D eigenvalue weighted by molar-refractivity contribution is 0.144. The van der Waals surface area contributed by atoms with Gasteiger partial charge in [-0.25, -0.2) is 0 Å². The van der Waals surface area contributed by atoms with Gasteiger partial charge in [-0.05, 0) is 50.7 Å². The number of nitrogens with zero attached hydrogens (tertiary/aromatic N) is 1. The molecule has 4 heteroatoms. The number of ether oxygens (including phenoxy) is 1. The van der Waals surface area contributed by atoms with E-state index in [9.17, 15) is 0 Å². The van der Waals surface area contributed by atoms with Crippen LogP contribution in [0.2, 0.25) is 0 Å². The molecule has 0 heterocycles. The Morgan fingerprint density at radius 1 is 1.00 bits per heavy atom. The first kappa shape index (κ1) is 19.5. The van der Waals surface area contributed by atoms with E-state index in [1.807, 2.05) is 6.92 Å². The molecule has 0 aliphatic rings. The summed E-state index contributed by atoms with van der Waals surface area (Å²) in [5.41, 5.74) is 2.76. The monoisotopic (exact) mass is 319 g/mol. The highest BCUT2D eigenvalue weighted by Crippen LogP contribution is 2.05. The van der Waals surface area contributed by atoms with Crippen LogP contribution in [-0.2, 0) is 17.6 Å². The van der Waals surface area contributed by atoms with Crippen molar-refractivity contribution < 1.29 is 4.74 Å². The van der Waals surface area contributed by atoms with Gasteiger partial charge in [-0.3, -0.25) is 4.99 Å². The van der Waals surface area contributed by atoms with E-state index >= 15 is 0 Å². The first-order valence-corrected chi connectivity index (χ1v) is 8.97. The molecule has 0 fully saturated rings.